The number of amidine groups is 1. The molecular formula is C22H12Cl2N2OS2. The number of halogens is 2. The molecule has 1 aliphatic heterocycles. The van der Waals surface area contributed by atoms with E-state index in [0.717, 1.165) is 19.8 Å². The first-order valence-electron chi connectivity index (χ1n) is 8.73. The van der Waals surface area contributed by atoms with E-state index in [1.54, 1.807) is 28.4 Å². The third-order valence-electron chi connectivity index (χ3n) is 4.51. The van der Waals surface area contributed by atoms with Gasteiger partial charge in [0.15, 0.2) is 5.84 Å². The molecule has 0 fully saturated rings. The van der Waals surface area contributed by atoms with E-state index in [0.29, 0.717) is 27.3 Å². The molecule has 5 rings (SSSR count). The van der Waals surface area contributed by atoms with Crippen LogP contribution in [-0.2, 0) is 4.79 Å². The van der Waals surface area contributed by atoms with E-state index in [4.69, 9.17) is 28.2 Å². The Hall–Kier alpha value is -2.44. The summed E-state index contributed by atoms with van der Waals surface area (Å²) in [5, 5.41) is 4.13. The van der Waals surface area contributed by atoms with Gasteiger partial charge in [0.2, 0.25) is 0 Å². The Kier molecular flexibility index (Phi) is 4.76. The van der Waals surface area contributed by atoms with Gasteiger partial charge in [0.25, 0.3) is 5.91 Å². The SMILES string of the molecule is O=C1/C(=C\c2cccs2)N=C(c2sc3ccccc3c2Cl)N1c1ccc(Cl)cc1. The first-order chi connectivity index (χ1) is 14.1. The minimum absolute atomic E-state index is 0.191. The van der Waals surface area contributed by atoms with Crippen molar-refractivity contribution in [3.05, 3.63) is 91.5 Å². The maximum absolute atomic E-state index is 13.3. The van der Waals surface area contributed by atoms with E-state index in [2.05, 4.69) is 0 Å². The van der Waals surface area contributed by atoms with Gasteiger partial charge in [0.05, 0.1) is 15.6 Å². The standard InChI is InChI=1S/C22H12Cl2N2OS2/c23-13-7-9-14(10-8-13)26-21(20-19(24)16-5-1-2-6-18(16)29-20)25-17(22(26)27)12-15-4-3-11-28-15/h1-12H/b17-12+. The summed E-state index contributed by atoms with van der Waals surface area (Å²) in [5.41, 5.74) is 1.08. The molecule has 7 heteroatoms. The lowest BCUT2D eigenvalue weighted by molar-refractivity contribution is -0.113. The number of fused-ring (bicyclic) bond motifs is 1. The molecule has 1 amide bonds. The highest BCUT2D eigenvalue weighted by Gasteiger charge is 2.35. The van der Waals surface area contributed by atoms with Crippen molar-refractivity contribution in [1.29, 1.82) is 0 Å². The van der Waals surface area contributed by atoms with Gasteiger partial charge in [0.1, 0.15) is 5.70 Å². The Balaban J connectivity index is 1.70. The van der Waals surface area contributed by atoms with Gasteiger partial charge in [-0.1, -0.05) is 47.5 Å². The van der Waals surface area contributed by atoms with Gasteiger partial charge < -0.3 is 0 Å². The van der Waals surface area contributed by atoms with E-state index >= 15 is 0 Å². The Morgan fingerprint density at radius 3 is 2.48 bits per heavy atom. The molecule has 0 saturated carbocycles. The second-order valence-electron chi connectivity index (χ2n) is 6.34. The summed E-state index contributed by atoms with van der Waals surface area (Å²) in [6.45, 7) is 0. The van der Waals surface area contributed by atoms with Crippen LogP contribution in [0.3, 0.4) is 0 Å². The number of amides is 1. The fourth-order valence-corrected chi connectivity index (χ4v) is 5.44. The predicted octanol–water partition coefficient (Wildman–Crippen LogP) is 7.10. The van der Waals surface area contributed by atoms with Gasteiger partial charge in [0, 0.05) is 20.0 Å². The quantitative estimate of drug-likeness (QED) is 0.303. The first kappa shape index (κ1) is 18.6. The van der Waals surface area contributed by atoms with E-state index < -0.39 is 0 Å². The Labute approximate surface area is 185 Å². The topological polar surface area (TPSA) is 32.7 Å². The molecule has 1 aliphatic rings. The summed E-state index contributed by atoms with van der Waals surface area (Å²) >= 11 is 15.8. The van der Waals surface area contributed by atoms with Crippen LogP contribution in [0.4, 0.5) is 5.69 Å². The Morgan fingerprint density at radius 2 is 1.76 bits per heavy atom. The highest BCUT2D eigenvalue weighted by molar-refractivity contribution is 7.22. The van der Waals surface area contributed by atoms with Crippen LogP contribution in [0, 0.1) is 0 Å². The number of aliphatic imine (C=N–C) groups is 1. The average molecular weight is 455 g/mol. The number of benzene rings is 2. The molecule has 0 aliphatic carbocycles. The molecule has 142 valence electrons. The molecule has 3 nitrogen and oxygen atoms in total. The summed E-state index contributed by atoms with van der Waals surface area (Å²) in [4.78, 5) is 21.3. The van der Waals surface area contributed by atoms with Crippen LogP contribution in [0.1, 0.15) is 9.75 Å². The summed E-state index contributed by atoms with van der Waals surface area (Å²) in [7, 11) is 0. The van der Waals surface area contributed by atoms with Crippen LogP contribution < -0.4 is 4.90 Å². The summed E-state index contributed by atoms with van der Waals surface area (Å²) in [6.07, 6.45) is 1.81. The molecule has 0 bridgehead atoms. The van der Waals surface area contributed by atoms with E-state index in [1.807, 2.05) is 60.0 Å². The second kappa shape index (κ2) is 7.43. The maximum atomic E-state index is 13.3. The van der Waals surface area contributed by atoms with Crippen molar-refractivity contribution < 1.29 is 4.79 Å². The molecule has 0 saturated heterocycles. The molecule has 29 heavy (non-hydrogen) atoms. The van der Waals surface area contributed by atoms with Crippen molar-refractivity contribution in [2.24, 2.45) is 4.99 Å². The van der Waals surface area contributed by atoms with Crippen molar-refractivity contribution in [1.82, 2.24) is 0 Å². The lowest BCUT2D eigenvalue weighted by Gasteiger charge is -2.18. The molecule has 3 heterocycles. The van der Waals surface area contributed by atoms with Crippen LogP contribution in [0.5, 0.6) is 0 Å². The number of hydrogen-bond acceptors (Lipinski definition) is 4. The number of thiophene rings is 2. The monoisotopic (exact) mass is 454 g/mol. The maximum Gasteiger partial charge on any atom is 0.282 e. The minimum atomic E-state index is -0.191. The number of carbonyl (C=O) groups excluding carboxylic acids is 1. The molecule has 0 N–H and O–H groups in total. The highest BCUT2D eigenvalue weighted by Crippen LogP contribution is 2.39. The van der Waals surface area contributed by atoms with E-state index in [9.17, 15) is 4.79 Å². The van der Waals surface area contributed by atoms with Crippen molar-refractivity contribution >= 4 is 79.5 Å². The number of carbonyl (C=O) groups is 1. The highest BCUT2D eigenvalue weighted by atomic mass is 35.5. The number of anilines is 1. The molecule has 2 aromatic heterocycles. The predicted molar refractivity (Wildman–Crippen MR) is 125 cm³/mol. The van der Waals surface area contributed by atoms with Crippen LogP contribution in [0.25, 0.3) is 16.2 Å². The fourth-order valence-electron chi connectivity index (χ4n) is 3.16. The van der Waals surface area contributed by atoms with Gasteiger partial charge in [-0.2, -0.15) is 0 Å². The Morgan fingerprint density at radius 1 is 0.966 bits per heavy atom. The van der Waals surface area contributed by atoms with Crippen molar-refractivity contribution in [3.8, 4) is 0 Å². The normalized spacial score (nSPS) is 15.5. The van der Waals surface area contributed by atoms with Crippen LogP contribution in [0.2, 0.25) is 10.0 Å². The molecular weight excluding hydrogens is 443 g/mol. The van der Waals surface area contributed by atoms with Gasteiger partial charge in [-0.3, -0.25) is 9.69 Å². The minimum Gasteiger partial charge on any atom is -0.266 e. The van der Waals surface area contributed by atoms with E-state index in [-0.39, 0.29) is 5.91 Å². The molecule has 2 aromatic carbocycles. The van der Waals surface area contributed by atoms with Crippen molar-refractivity contribution in [2.75, 3.05) is 4.90 Å². The largest absolute Gasteiger partial charge is 0.282 e. The first-order valence-corrected chi connectivity index (χ1v) is 11.2. The zero-order valence-electron chi connectivity index (χ0n) is 14.8. The van der Waals surface area contributed by atoms with E-state index in [1.165, 1.54) is 11.3 Å². The second-order valence-corrected chi connectivity index (χ2v) is 9.18. The van der Waals surface area contributed by atoms with Crippen LogP contribution >= 0.6 is 45.9 Å². The van der Waals surface area contributed by atoms with Gasteiger partial charge >= 0.3 is 0 Å². The third kappa shape index (κ3) is 3.30. The van der Waals surface area contributed by atoms with Crippen molar-refractivity contribution in [2.45, 2.75) is 0 Å². The molecule has 0 atom stereocenters. The zero-order chi connectivity index (χ0) is 20.0. The van der Waals surface area contributed by atoms with Crippen LogP contribution in [0.15, 0.2) is 76.7 Å². The lowest BCUT2D eigenvalue weighted by atomic mass is 10.2. The van der Waals surface area contributed by atoms with Gasteiger partial charge in [-0.25, -0.2) is 4.99 Å². The Bertz CT molecular complexity index is 1290. The fraction of sp³-hybridized carbons (Fsp3) is 0. The average Bonchev–Trinajstić information content (AvgIpc) is 3.43. The van der Waals surface area contributed by atoms with Gasteiger partial charge in [-0.15, -0.1) is 22.7 Å². The van der Waals surface area contributed by atoms with Crippen LogP contribution in [-0.4, -0.2) is 11.7 Å². The number of hydrogen-bond donors (Lipinski definition) is 0. The number of nitrogens with zero attached hydrogens (tertiary/aromatic N) is 2. The smallest absolute Gasteiger partial charge is 0.266 e. The third-order valence-corrected chi connectivity index (χ3v) is 7.25. The van der Waals surface area contributed by atoms with Gasteiger partial charge in [-0.05, 0) is 47.9 Å². The molecule has 0 radical (unpaired) electrons. The summed E-state index contributed by atoms with van der Waals surface area (Å²) in [6, 6.07) is 19.0. The summed E-state index contributed by atoms with van der Waals surface area (Å²) in [5.74, 6) is 0.343. The number of rotatable bonds is 3. The lowest BCUT2D eigenvalue weighted by Crippen LogP contribution is -2.32. The summed E-state index contributed by atoms with van der Waals surface area (Å²) < 4.78 is 1.05. The zero-order valence-corrected chi connectivity index (χ0v) is 17.9. The molecule has 0 unspecified atom stereocenters. The van der Waals surface area contributed by atoms with Crippen molar-refractivity contribution in [3.63, 3.8) is 0 Å². The molecule has 0 spiro atoms. The molecule has 4 aromatic rings.